The van der Waals surface area contributed by atoms with Crippen LogP contribution < -0.4 is 15.4 Å². The first-order chi connectivity index (χ1) is 15.7. The molecule has 0 bridgehead atoms. The number of hydrogen-bond donors (Lipinski definition) is 3. The average molecular weight is 484 g/mol. The summed E-state index contributed by atoms with van der Waals surface area (Å²) in [7, 11) is -3.47. The number of nitrogens with zero attached hydrogens (tertiary/aromatic N) is 4. The number of fused-ring (bicyclic) bond motifs is 1. The fraction of sp³-hybridized carbons (Fsp3) is 0.190. The molecule has 33 heavy (non-hydrogen) atoms. The Labute approximate surface area is 194 Å². The summed E-state index contributed by atoms with van der Waals surface area (Å²) in [5.74, 6) is -0.00941. The molecule has 0 aliphatic heterocycles. The summed E-state index contributed by atoms with van der Waals surface area (Å²) in [6, 6.07) is 7.41. The van der Waals surface area contributed by atoms with Gasteiger partial charge in [0.1, 0.15) is 0 Å². The van der Waals surface area contributed by atoms with Crippen LogP contribution in [0.5, 0.6) is 0 Å². The molecule has 2 amide bonds. The van der Waals surface area contributed by atoms with Gasteiger partial charge in [-0.15, -0.1) is 0 Å². The minimum absolute atomic E-state index is 0.00941. The molecule has 4 aromatic rings. The molecule has 3 aromatic heterocycles. The van der Waals surface area contributed by atoms with Crippen molar-refractivity contribution in [3.63, 3.8) is 0 Å². The van der Waals surface area contributed by atoms with Gasteiger partial charge in [-0.25, -0.2) is 28.2 Å². The predicted molar refractivity (Wildman–Crippen MR) is 130 cm³/mol. The number of urea groups is 1. The number of benzene rings is 1. The number of amides is 2. The number of anilines is 2. The van der Waals surface area contributed by atoms with Crippen molar-refractivity contribution in [2.75, 3.05) is 22.8 Å². The summed E-state index contributed by atoms with van der Waals surface area (Å²) in [5.41, 5.74) is 4.78. The van der Waals surface area contributed by atoms with Gasteiger partial charge in [0.25, 0.3) is 0 Å². The van der Waals surface area contributed by atoms with E-state index in [0.717, 1.165) is 33.3 Å². The van der Waals surface area contributed by atoms with Crippen LogP contribution in [0, 0.1) is 6.92 Å². The summed E-state index contributed by atoms with van der Waals surface area (Å²) in [4.78, 5) is 29.3. The summed E-state index contributed by atoms with van der Waals surface area (Å²) < 4.78 is 25.9. The van der Waals surface area contributed by atoms with E-state index >= 15 is 0 Å². The SMILES string of the molecule is CCNC(=O)Nc1nc2cc(-c3cnc(NS(C)(=O)=O)nc3)cc(-c3ccc(C)cn3)c2s1. The number of aromatic nitrogens is 4. The molecule has 3 N–H and O–H groups in total. The maximum atomic E-state index is 12.0. The monoisotopic (exact) mass is 483 g/mol. The van der Waals surface area contributed by atoms with Crippen molar-refractivity contribution in [2.45, 2.75) is 13.8 Å². The molecular formula is C21H21N7O3S2. The van der Waals surface area contributed by atoms with Crippen LogP contribution in [-0.4, -0.2) is 47.2 Å². The summed E-state index contributed by atoms with van der Waals surface area (Å²) >= 11 is 1.36. The zero-order chi connectivity index (χ0) is 23.6. The number of aryl methyl sites for hydroxylation is 1. The molecule has 0 fully saturated rings. The van der Waals surface area contributed by atoms with E-state index in [1.807, 2.05) is 38.1 Å². The van der Waals surface area contributed by atoms with Crippen LogP contribution in [0.4, 0.5) is 15.9 Å². The number of nitrogens with one attached hydrogen (secondary N) is 3. The minimum atomic E-state index is -3.47. The van der Waals surface area contributed by atoms with Crippen LogP contribution in [0.2, 0.25) is 0 Å². The van der Waals surface area contributed by atoms with Crippen LogP contribution >= 0.6 is 11.3 Å². The molecule has 4 rings (SSSR count). The first-order valence-electron chi connectivity index (χ1n) is 9.94. The van der Waals surface area contributed by atoms with Crippen molar-refractivity contribution in [2.24, 2.45) is 0 Å². The van der Waals surface area contributed by atoms with Gasteiger partial charge >= 0.3 is 6.03 Å². The van der Waals surface area contributed by atoms with E-state index in [1.54, 1.807) is 6.20 Å². The molecule has 0 atom stereocenters. The van der Waals surface area contributed by atoms with Crippen LogP contribution in [0.3, 0.4) is 0 Å². The Morgan fingerprint density at radius 3 is 2.45 bits per heavy atom. The molecule has 0 saturated carbocycles. The highest BCUT2D eigenvalue weighted by Gasteiger charge is 2.16. The van der Waals surface area contributed by atoms with Crippen LogP contribution in [0.1, 0.15) is 12.5 Å². The minimum Gasteiger partial charge on any atom is -0.338 e. The van der Waals surface area contributed by atoms with Gasteiger partial charge in [-0.05, 0) is 43.2 Å². The summed E-state index contributed by atoms with van der Waals surface area (Å²) in [6.07, 6.45) is 5.90. The summed E-state index contributed by atoms with van der Waals surface area (Å²) in [5, 5.41) is 5.91. The topological polar surface area (TPSA) is 139 Å². The van der Waals surface area contributed by atoms with E-state index in [9.17, 15) is 13.2 Å². The van der Waals surface area contributed by atoms with Gasteiger partial charge in [0.15, 0.2) is 5.13 Å². The maximum absolute atomic E-state index is 12.0. The van der Waals surface area contributed by atoms with Crippen molar-refractivity contribution in [3.8, 4) is 22.4 Å². The molecule has 0 unspecified atom stereocenters. The zero-order valence-corrected chi connectivity index (χ0v) is 19.7. The molecule has 1 aromatic carbocycles. The molecule has 0 saturated heterocycles. The lowest BCUT2D eigenvalue weighted by atomic mass is 10.0. The number of rotatable bonds is 6. The quantitative estimate of drug-likeness (QED) is 0.380. The number of carbonyl (C=O) groups is 1. The van der Waals surface area contributed by atoms with E-state index in [2.05, 4.69) is 35.3 Å². The second-order valence-corrected chi connectivity index (χ2v) is 10.0. The molecule has 0 aliphatic rings. The Bertz CT molecular complexity index is 1420. The first kappa shape index (κ1) is 22.6. The third-order valence-electron chi connectivity index (χ3n) is 4.50. The van der Waals surface area contributed by atoms with Gasteiger partial charge in [-0.1, -0.05) is 17.4 Å². The maximum Gasteiger partial charge on any atom is 0.321 e. The lowest BCUT2D eigenvalue weighted by molar-refractivity contribution is 0.252. The van der Waals surface area contributed by atoms with Gasteiger partial charge in [0.2, 0.25) is 16.0 Å². The smallest absolute Gasteiger partial charge is 0.321 e. The summed E-state index contributed by atoms with van der Waals surface area (Å²) in [6.45, 7) is 4.31. The van der Waals surface area contributed by atoms with Gasteiger partial charge < -0.3 is 5.32 Å². The van der Waals surface area contributed by atoms with Crippen molar-refractivity contribution in [1.29, 1.82) is 0 Å². The Morgan fingerprint density at radius 1 is 1.06 bits per heavy atom. The highest BCUT2D eigenvalue weighted by atomic mass is 32.2. The fourth-order valence-corrected chi connectivity index (χ4v) is 4.47. The van der Waals surface area contributed by atoms with Gasteiger partial charge in [-0.2, -0.15) is 0 Å². The Kier molecular flexibility index (Phi) is 6.20. The van der Waals surface area contributed by atoms with Crippen molar-refractivity contribution in [3.05, 3.63) is 48.4 Å². The molecule has 10 nitrogen and oxygen atoms in total. The van der Waals surface area contributed by atoms with E-state index < -0.39 is 10.0 Å². The molecule has 0 aliphatic carbocycles. The second kappa shape index (κ2) is 9.08. The Morgan fingerprint density at radius 2 is 1.82 bits per heavy atom. The van der Waals surface area contributed by atoms with Crippen molar-refractivity contribution < 1.29 is 13.2 Å². The van der Waals surface area contributed by atoms with Gasteiger partial charge in [-0.3, -0.25) is 15.0 Å². The van der Waals surface area contributed by atoms with Crippen LogP contribution in [0.25, 0.3) is 32.6 Å². The second-order valence-electron chi connectivity index (χ2n) is 7.27. The number of thiazole rings is 1. The standard InChI is InChI=1S/C21H21N7O3S2/c1-4-22-20(29)27-21-26-17-8-13(14-10-24-19(25-11-14)28-33(3,30)31)7-15(18(17)32-21)16-6-5-12(2)9-23-16/h5-11H,4H2,1-3H3,(H,24,25,28)(H2,22,26,27,29). The normalized spacial score (nSPS) is 11.4. The number of sulfonamides is 1. The highest BCUT2D eigenvalue weighted by Crippen LogP contribution is 2.38. The van der Waals surface area contributed by atoms with Crippen LogP contribution in [0.15, 0.2) is 42.9 Å². The average Bonchev–Trinajstić information content (AvgIpc) is 3.15. The largest absolute Gasteiger partial charge is 0.338 e. The molecule has 0 spiro atoms. The van der Waals surface area contributed by atoms with E-state index in [1.165, 1.54) is 23.7 Å². The fourth-order valence-electron chi connectivity index (χ4n) is 3.07. The first-order valence-corrected chi connectivity index (χ1v) is 12.7. The molecule has 0 radical (unpaired) electrons. The van der Waals surface area contributed by atoms with Gasteiger partial charge in [0.05, 0.1) is 22.2 Å². The molecule has 170 valence electrons. The lowest BCUT2D eigenvalue weighted by Crippen LogP contribution is -2.28. The zero-order valence-electron chi connectivity index (χ0n) is 18.1. The Hall–Kier alpha value is -3.64. The van der Waals surface area contributed by atoms with Crippen molar-refractivity contribution >= 4 is 48.7 Å². The number of hydrogen-bond acceptors (Lipinski definition) is 8. The lowest BCUT2D eigenvalue weighted by Gasteiger charge is -2.08. The predicted octanol–water partition coefficient (Wildman–Crippen LogP) is 3.64. The van der Waals surface area contributed by atoms with Gasteiger partial charge in [0, 0.05) is 36.3 Å². The number of pyridine rings is 1. The van der Waals surface area contributed by atoms with E-state index in [-0.39, 0.29) is 12.0 Å². The van der Waals surface area contributed by atoms with Crippen molar-refractivity contribution in [1.82, 2.24) is 25.3 Å². The highest BCUT2D eigenvalue weighted by molar-refractivity contribution is 7.91. The van der Waals surface area contributed by atoms with E-state index in [4.69, 9.17) is 0 Å². The third kappa shape index (κ3) is 5.41. The number of carbonyl (C=O) groups excluding carboxylic acids is 1. The molecule has 3 heterocycles. The third-order valence-corrected chi connectivity index (χ3v) is 6.07. The molecular weight excluding hydrogens is 462 g/mol. The van der Waals surface area contributed by atoms with E-state index in [0.29, 0.717) is 22.8 Å². The molecule has 12 heteroatoms. The van der Waals surface area contributed by atoms with Crippen LogP contribution in [-0.2, 0) is 10.0 Å². The Balaban J connectivity index is 1.80.